The summed E-state index contributed by atoms with van der Waals surface area (Å²) in [7, 11) is 0. The van der Waals surface area contributed by atoms with Gasteiger partial charge >= 0.3 is 6.18 Å². The molecule has 3 aromatic heterocycles. The van der Waals surface area contributed by atoms with Crippen molar-refractivity contribution in [1.29, 1.82) is 5.26 Å². The fourth-order valence-electron chi connectivity index (χ4n) is 5.98. The Kier molecular flexibility index (Phi) is 5.29. The number of carbonyl (C=O) groups excluding carboxylic acids is 1. The van der Waals surface area contributed by atoms with Crippen LogP contribution in [0.4, 0.5) is 13.2 Å². The number of aromatic nitrogens is 5. The molecule has 8 nitrogen and oxygen atoms in total. The van der Waals surface area contributed by atoms with Crippen molar-refractivity contribution in [2.24, 2.45) is 11.8 Å². The summed E-state index contributed by atoms with van der Waals surface area (Å²) >= 11 is 0. The summed E-state index contributed by atoms with van der Waals surface area (Å²) in [5.41, 5.74) is 1.31. The monoisotopic (exact) mass is 505 g/mol. The van der Waals surface area contributed by atoms with Crippen LogP contribution in [0.3, 0.4) is 0 Å². The maximum absolute atomic E-state index is 13.0. The largest absolute Gasteiger partial charge is 0.416 e. The number of nitriles is 1. The Balaban J connectivity index is 1.20. The standard InChI is InChI=1S/C26H22F3N7O/c27-26(28,29)20-3-1-16(2-4-20)24(37)35-12-17-9-25(6-7-30,10-18(17)13-35)36-14-19(11-34-36)22-21-5-8-31-23(21)33-15-32-22/h1-5,8,11,14-15,17-18H,6,9-10,12-13H2,(H,31,32,33). The fourth-order valence-corrected chi connectivity index (χ4v) is 5.98. The highest BCUT2D eigenvalue weighted by molar-refractivity contribution is 5.94. The number of hydrogen-bond donors (Lipinski definition) is 1. The van der Waals surface area contributed by atoms with Gasteiger partial charge in [-0.2, -0.15) is 23.5 Å². The number of H-pyrrole nitrogens is 1. The van der Waals surface area contributed by atoms with Gasteiger partial charge in [-0.1, -0.05) is 0 Å². The maximum atomic E-state index is 13.0. The average Bonchev–Trinajstić information content (AvgIpc) is 3.66. The van der Waals surface area contributed by atoms with Crippen molar-refractivity contribution in [2.75, 3.05) is 13.1 Å². The highest BCUT2D eigenvalue weighted by atomic mass is 19.4. The maximum Gasteiger partial charge on any atom is 0.416 e. The first kappa shape index (κ1) is 23.2. The Morgan fingerprint density at radius 1 is 1.14 bits per heavy atom. The summed E-state index contributed by atoms with van der Waals surface area (Å²) in [4.78, 5) is 26.5. The average molecular weight is 506 g/mol. The number of likely N-dealkylation sites (tertiary alicyclic amines) is 1. The van der Waals surface area contributed by atoms with Crippen LogP contribution in [-0.2, 0) is 11.7 Å². The molecule has 1 N–H and O–H groups in total. The lowest BCUT2D eigenvalue weighted by Gasteiger charge is -2.30. The van der Waals surface area contributed by atoms with Crippen LogP contribution in [0.1, 0.15) is 35.2 Å². The molecular weight excluding hydrogens is 483 g/mol. The van der Waals surface area contributed by atoms with Crippen molar-refractivity contribution < 1.29 is 18.0 Å². The molecule has 0 spiro atoms. The quantitative estimate of drug-likeness (QED) is 0.436. The van der Waals surface area contributed by atoms with Crippen LogP contribution in [0.2, 0.25) is 0 Å². The molecule has 2 aliphatic rings. The van der Waals surface area contributed by atoms with Gasteiger partial charge in [-0.3, -0.25) is 9.48 Å². The first-order chi connectivity index (χ1) is 17.8. The smallest absolute Gasteiger partial charge is 0.346 e. The van der Waals surface area contributed by atoms with Crippen molar-refractivity contribution in [3.8, 4) is 17.3 Å². The van der Waals surface area contributed by atoms with Gasteiger partial charge in [-0.25, -0.2) is 9.97 Å². The normalized spacial score (nSPS) is 23.4. The van der Waals surface area contributed by atoms with E-state index in [-0.39, 0.29) is 29.7 Å². The third-order valence-electron chi connectivity index (χ3n) is 7.71. The molecule has 1 aromatic carbocycles. The van der Waals surface area contributed by atoms with Crippen molar-refractivity contribution >= 4 is 16.9 Å². The lowest BCUT2D eigenvalue weighted by atomic mass is 9.92. The predicted molar refractivity (Wildman–Crippen MR) is 127 cm³/mol. The van der Waals surface area contributed by atoms with E-state index >= 15 is 0 Å². The molecule has 11 heteroatoms. The van der Waals surface area contributed by atoms with Crippen LogP contribution < -0.4 is 0 Å². The number of rotatable bonds is 4. The zero-order valence-corrected chi connectivity index (χ0v) is 19.6. The van der Waals surface area contributed by atoms with E-state index in [2.05, 4.69) is 26.1 Å². The second kappa shape index (κ2) is 8.44. The highest BCUT2D eigenvalue weighted by Crippen LogP contribution is 2.50. The molecule has 2 fully saturated rings. The molecule has 4 heterocycles. The van der Waals surface area contributed by atoms with E-state index in [1.807, 2.05) is 16.9 Å². The van der Waals surface area contributed by atoms with Crippen LogP contribution in [0.15, 0.2) is 55.2 Å². The first-order valence-corrected chi connectivity index (χ1v) is 11.9. The molecule has 0 bridgehead atoms. The van der Waals surface area contributed by atoms with Gasteiger partial charge in [0.05, 0.1) is 35.5 Å². The minimum atomic E-state index is -4.44. The molecule has 1 amide bonds. The lowest BCUT2D eigenvalue weighted by Crippen LogP contribution is -2.36. The molecule has 2 unspecified atom stereocenters. The second-order valence-corrected chi connectivity index (χ2v) is 9.91. The molecule has 0 radical (unpaired) electrons. The van der Waals surface area contributed by atoms with Crippen LogP contribution in [-0.4, -0.2) is 48.6 Å². The number of aromatic amines is 1. The highest BCUT2D eigenvalue weighted by Gasteiger charge is 2.51. The molecule has 1 saturated heterocycles. The molecular formula is C26H22F3N7O. The van der Waals surface area contributed by atoms with Crippen molar-refractivity contribution in [3.63, 3.8) is 0 Å². The van der Waals surface area contributed by atoms with Gasteiger partial charge in [-0.05, 0) is 55.0 Å². The van der Waals surface area contributed by atoms with Gasteiger partial charge < -0.3 is 9.88 Å². The van der Waals surface area contributed by atoms with E-state index in [1.54, 1.807) is 17.3 Å². The van der Waals surface area contributed by atoms with Crippen molar-refractivity contribution in [3.05, 3.63) is 66.4 Å². The number of carbonyl (C=O) groups is 1. The zero-order valence-electron chi connectivity index (χ0n) is 19.6. The van der Waals surface area contributed by atoms with Gasteiger partial charge in [-0.15, -0.1) is 0 Å². The van der Waals surface area contributed by atoms with E-state index in [1.165, 1.54) is 18.5 Å². The molecule has 1 aliphatic carbocycles. The fraction of sp³-hybridized carbons (Fsp3) is 0.346. The van der Waals surface area contributed by atoms with Gasteiger partial charge in [0.15, 0.2) is 0 Å². The number of fused-ring (bicyclic) bond motifs is 2. The number of halogens is 3. The summed E-state index contributed by atoms with van der Waals surface area (Å²) in [5, 5.41) is 15.2. The molecule has 37 heavy (non-hydrogen) atoms. The Labute approximate surface area is 209 Å². The third-order valence-corrected chi connectivity index (χ3v) is 7.71. The molecule has 4 aromatic rings. The predicted octanol–water partition coefficient (Wildman–Crippen LogP) is 4.63. The molecule has 188 valence electrons. The number of benzene rings is 1. The van der Waals surface area contributed by atoms with E-state index in [9.17, 15) is 23.2 Å². The third kappa shape index (κ3) is 3.93. The SMILES string of the molecule is N#CCC1(n2cc(-c3ncnc4[nH]ccc34)cn2)CC2CN(C(=O)c3ccc(C(F)(F)F)cc3)CC2C1. The summed E-state index contributed by atoms with van der Waals surface area (Å²) < 4.78 is 40.5. The van der Waals surface area contributed by atoms with Crippen molar-refractivity contribution in [1.82, 2.24) is 29.6 Å². The Morgan fingerprint density at radius 2 is 1.86 bits per heavy atom. The topological polar surface area (TPSA) is 103 Å². The lowest BCUT2D eigenvalue weighted by molar-refractivity contribution is -0.137. The van der Waals surface area contributed by atoms with Gasteiger partial charge in [0.25, 0.3) is 5.91 Å². The number of nitrogens with one attached hydrogen (secondary N) is 1. The second-order valence-electron chi connectivity index (χ2n) is 9.91. The summed E-state index contributed by atoms with van der Waals surface area (Å²) in [6.07, 6.45) is 4.21. The van der Waals surface area contributed by atoms with E-state index < -0.39 is 17.3 Å². The number of nitrogens with zero attached hydrogens (tertiary/aromatic N) is 6. The number of amides is 1. The van der Waals surface area contributed by atoms with Crippen LogP contribution in [0, 0.1) is 23.2 Å². The van der Waals surface area contributed by atoms with E-state index in [0.717, 1.165) is 34.4 Å². The van der Waals surface area contributed by atoms with E-state index in [4.69, 9.17) is 0 Å². The summed E-state index contributed by atoms with van der Waals surface area (Å²) in [6, 6.07) is 8.59. The molecule has 6 rings (SSSR count). The zero-order chi connectivity index (χ0) is 25.8. The first-order valence-electron chi connectivity index (χ1n) is 11.9. The van der Waals surface area contributed by atoms with Crippen LogP contribution in [0.25, 0.3) is 22.3 Å². The van der Waals surface area contributed by atoms with Gasteiger partial charge in [0.2, 0.25) is 0 Å². The minimum absolute atomic E-state index is 0.176. The van der Waals surface area contributed by atoms with Crippen LogP contribution in [0.5, 0.6) is 0 Å². The number of alkyl halides is 3. The molecule has 1 aliphatic heterocycles. The van der Waals surface area contributed by atoms with Crippen LogP contribution >= 0.6 is 0 Å². The van der Waals surface area contributed by atoms with Gasteiger partial charge in [0, 0.05) is 42.0 Å². The Morgan fingerprint density at radius 3 is 2.54 bits per heavy atom. The van der Waals surface area contributed by atoms with Crippen molar-refractivity contribution in [2.45, 2.75) is 31.0 Å². The summed E-state index contributed by atoms with van der Waals surface area (Å²) in [6.45, 7) is 1.00. The minimum Gasteiger partial charge on any atom is -0.346 e. The number of hydrogen-bond acceptors (Lipinski definition) is 5. The molecule has 1 saturated carbocycles. The Hall–Kier alpha value is -4.20. The van der Waals surface area contributed by atoms with Gasteiger partial charge in [0.1, 0.15) is 12.0 Å². The van der Waals surface area contributed by atoms with E-state index in [0.29, 0.717) is 25.9 Å². The Bertz CT molecular complexity index is 1500. The summed E-state index contributed by atoms with van der Waals surface area (Å²) in [5.74, 6) is 0.0827. The molecule has 2 atom stereocenters.